The van der Waals surface area contributed by atoms with Crippen molar-refractivity contribution in [3.05, 3.63) is 59.1 Å². The molecule has 0 aliphatic carbocycles. The Bertz CT molecular complexity index is 968. The van der Waals surface area contributed by atoms with E-state index in [0.29, 0.717) is 10.7 Å². The molecule has 0 unspecified atom stereocenters. The predicted octanol–water partition coefficient (Wildman–Crippen LogP) is 0.563. The Morgan fingerprint density at radius 1 is 1.04 bits per heavy atom. The van der Waals surface area contributed by atoms with Crippen molar-refractivity contribution < 1.29 is 13.0 Å². The van der Waals surface area contributed by atoms with E-state index in [4.69, 9.17) is 28.2 Å². The quantitative estimate of drug-likeness (QED) is 0.577. The number of guanidine groups is 2. The van der Waals surface area contributed by atoms with Crippen LogP contribution in [0.1, 0.15) is 11.7 Å². The maximum atomic E-state index is 11.4. The van der Waals surface area contributed by atoms with Crippen LogP contribution in [0.15, 0.2) is 58.4 Å². The Hall–Kier alpha value is -2.62. The van der Waals surface area contributed by atoms with Crippen LogP contribution in [0.2, 0.25) is 5.02 Å². The maximum Gasteiger partial charge on any atom is 0.357 e. The number of halogens is 1. The number of sulfonamides is 1. The van der Waals surface area contributed by atoms with Gasteiger partial charge in [-0.2, -0.15) is 4.99 Å². The zero-order chi connectivity index (χ0) is 18.2. The van der Waals surface area contributed by atoms with Gasteiger partial charge in [-0.25, -0.2) is 23.4 Å². The highest BCUT2D eigenvalue weighted by molar-refractivity contribution is 7.89. The molecule has 0 saturated heterocycles. The summed E-state index contributed by atoms with van der Waals surface area (Å²) < 4.78 is 24.5. The zero-order valence-electron chi connectivity index (χ0n) is 12.9. The molecule has 1 heterocycles. The lowest BCUT2D eigenvalue weighted by atomic mass is 10.1. The van der Waals surface area contributed by atoms with E-state index in [1.54, 1.807) is 28.8 Å². The van der Waals surface area contributed by atoms with Crippen LogP contribution in [-0.4, -0.2) is 24.9 Å². The number of nitrogens with two attached hydrogens (primary N) is 3. The van der Waals surface area contributed by atoms with Gasteiger partial charge in [0.25, 0.3) is 5.96 Å². The highest BCUT2D eigenvalue weighted by atomic mass is 35.5. The molecule has 1 aliphatic rings. The Morgan fingerprint density at radius 2 is 1.64 bits per heavy atom. The topological polar surface area (TPSA) is 140 Å². The molecular formula is C15H16ClN6O2S+. The van der Waals surface area contributed by atoms with Gasteiger partial charge in [0.05, 0.1) is 4.90 Å². The largest absolute Gasteiger partial charge is 0.357 e. The first-order valence-corrected chi connectivity index (χ1v) is 9.08. The fourth-order valence-corrected chi connectivity index (χ4v) is 3.12. The van der Waals surface area contributed by atoms with Crippen LogP contribution < -0.4 is 21.9 Å². The Labute approximate surface area is 149 Å². The number of hydrogen-bond donors (Lipinski definition) is 4. The number of aliphatic imine (C=N–C) groups is 1. The maximum absolute atomic E-state index is 11.4. The molecular weight excluding hydrogens is 364 g/mol. The SMILES string of the molecule is NC1=N[C@@H](c2ccc(Cl)cc2)[N+](c2ccc(S(N)(=O)=O)cc2)=C(N)N1. The number of hydrogen-bond acceptors (Lipinski definition) is 6. The minimum Gasteiger partial charge on any atom is -0.357 e. The van der Waals surface area contributed by atoms with Crippen molar-refractivity contribution in [2.75, 3.05) is 0 Å². The van der Waals surface area contributed by atoms with Crippen molar-refractivity contribution in [1.29, 1.82) is 0 Å². The fourth-order valence-electron chi connectivity index (χ4n) is 2.48. The van der Waals surface area contributed by atoms with Gasteiger partial charge in [0, 0.05) is 10.6 Å². The van der Waals surface area contributed by atoms with Crippen molar-refractivity contribution in [3.8, 4) is 0 Å². The van der Waals surface area contributed by atoms with E-state index in [2.05, 4.69) is 10.3 Å². The monoisotopic (exact) mass is 379 g/mol. The van der Waals surface area contributed by atoms with Crippen molar-refractivity contribution in [3.63, 3.8) is 0 Å². The molecule has 0 amide bonds. The van der Waals surface area contributed by atoms with Gasteiger partial charge in [-0.05, 0) is 36.4 Å². The van der Waals surface area contributed by atoms with Gasteiger partial charge in [-0.15, -0.1) is 0 Å². The first-order chi connectivity index (χ1) is 11.8. The van der Waals surface area contributed by atoms with Crippen LogP contribution in [0.4, 0.5) is 5.69 Å². The Kier molecular flexibility index (Phi) is 4.38. The Balaban J connectivity index is 2.07. The second kappa shape index (κ2) is 6.36. The van der Waals surface area contributed by atoms with Gasteiger partial charge >= 0.3 is 5.96 Å². The number of benzene rings is 2. The Morgan fingerprint density at radius 3 is 2.20 bits per heavy atom. The number of nitrogens with zero attached hydrogens (tertiary/aromatic N) is 2. The first-order valence-electron chi connectivity index (χ1n) is 7.16. The van der Waals surface area contributed by atoms with Gasteiger partial charge < -0.3 is 5.73 Å². The highest BCUT2D eigenvalue weighted by Crippen LogP contribution is 2.29. The molecule has 1 atom stereocenters. The summed E-state index contributed by atoms with van der Waals surface area (Å²) in [6, 6.07) is 13.1. The lowest BCUT2D eigenvalue weighted by molar-refractivity contribution is -0.494. The normalized spacial score (nSPS) is 17.8. The summed E-state index contributed by atoms with van der Waals surface area (Å²) >= 11 is 5.94. The van der Waals surface area contributed by atoms with E-state index < -0.39 is 16.2 Å². The number of primary sulfonamides is 1. The molecule has 1 aliphatic heterocycles. The summed E-state index contributed by atoms with van der Waals surface area (Å²) in [5, 5.41) is 8.48. The second-order valence-corrected chi connectivity index (χ2v) is 7.36. The standard InChI is InChI=1S/C15H15ClN6O2S/c16-10-3-1-9(2-4-10)13-20-14(17)21-15(18)22(13)11-5-7-12(8-6-11)25(19,23)24/h1-8,13H,(H6,17,18,19,20,21,23,24)/p+1/t13-/m1/s1. The summed E-state index contributed by atoms with van der Waals surface area (Å²) in [5.74, 6) is 0.436. The molecule has 0 aromatic heterocycles. The number of rotatable bonds is 3. The molecule has 25 heavy (non-hydrogen) atoms. The molecule has 2 aromatic rings. The van der Waals surface area contributed by atoms with Crippen LogP contribution >= 0.6 is 11.6 Å². The molecule has 0 saturated carbocycles. The third kappa shape index (κ3) is 3.58. The summed E-state index contributed by atoms with van der Waals surface area (Å²) in [6.45, 7) is 0. The van der Waals surface area contributed by atoms with E-state index in [-0.39, 0.29) is 16.8 Å². The summed E-state index contributed by atoms with van der Waals surface area (Å²) in [6.07, 6.45) is -0.529. The molecule has 0 fully saturated rings. The van der Waals surface area contributed by atoms with Crippen molar-refractivity contribution in [2.45, 2.75) is 11.1 Å². The van der Waals surface area contributed by atoms with E-state index in [1.807, 2.05) is 12.1 Å². The minimum absolute atomic E-state index is 0.00541. The molecule has 7 N–H and O–H groups in total. The van der Waals surface area contributed by atoms with Crippen LogP contribution in [0, 0.1) is 0 Å². The first kappa shape index (κ1) is 17.2. The van der Waals surface area contributed by atoms with Gasteiger partial charge in [-0.1, -0.05) is 23.7 Å². The van der Waals surface area contributed by atoms with E-state index in [9.17, 15) is 8.42 Å². The third-order valence-electron chi connectivity index (χ3n) is 3.63. The van der Waals surface area contributed by atoms with Crippen LogP contribution in [0.5, 0.6) is 0 Å². The lowest BCUT2D eigenvalue weighted by Gasteiger charge is -2.22. The summed E-state index contributed by atoms with van der Waals surface area (Å²) in [4.78, 5) is 4.39. The van der Waals surface area contributed by atoms with Gasteiger partial charge in [0.2, 0.25) is 16.2 Å². The third-order valence-corrected chi connectivity index (χ3v) is 4.81. The highest BCUT2D eigenvalue weighted by Gasteiger charge is 2.29. The van der Waals surface area contributed by atoms with E-state index >= 15 is 0 Å². The van der Waals surface area contributed by atoms with Crippen molar-refractivity contribution >= 4 is 39.2 Å². The van der Waals surface area contributed by atoms with Crippen molar-refractivity contribution in [1.82, 2.24) is 5.32 Å². The zero-order valence-corrected chi connectivity index (χ0v) is 14.5. The fraction of sp³-hybridized carbons (Fsp3) is 0.0667. The molecule has 8 nitrogen and oxygen atoms in total. The molecule has 0 bridgehead atoms. The molecule has 3 rings (SSSR count). The molecule has 0 radical (unpaired) electrons. The van der Waals surface area contributed by atoms with Crippen molar-refractivity contribution in [2.24, 2.45) is 21.6 Å². The van der Waals surface area contributed by atoms with Crippen LogP contribution in [-0.2, 0) is 10.0 Å². The predicted molar refractivity (Wildman–Crippen MR) is 95.9 cm³/mol. The van der Waals surface area contributed by atoms with Crippen LogP contribution in [0.25, 0.3) is 0 Å². The van der Waals surface area contributed by atoms with E-state index in [0.717, 1.165) is 5.56 Å². The summed E-state index contributed by atoms with van der Waals surface area (Å²) in [5.41, 5.74) is 13.3. The minimum atomic E-state index is -3.78. The smallest absolute Gasteiger partial charge is 0.357 e. The average molecular weight is 380 g/mol. The summed E-state index contributed by atoms with van der Waals surface area (Å²) in [7, 11) is -3.78. The molecule has 130 valence electrons. The second-order valence-electron chi connectivity index (χ2n) is 5.36. The van der Waals surface area contributed by atoms with Gasteiger partial charge in [0.1, 0.15) is 5.69 Å². The lowest BCUT2D eigenvalue weighted by Crippen LogP contribution is -2.50. The van der Waals surface area contributed by atoms with Gasteiger partial charge in [0.15, 0.2) is 0 Å². The van der Waals surface area contributed by atoms with Gasteiger partial charge in [-0.3, -0.25) is 5.73 Å². The number of nitrogens with one attached hydrogen (secondary N) is 1. The average Bonchev–Trinajstić information content (AvgIpc) is 2.54. The molecule has 0 spiro atoms. The van der Waals surface area contributed by atoms with Crippen LogP contribution in [0.3, 0.4) is 0 Å². The molecule has 2 aromatic carbocycles. The molecule has 10 heteroatoms. The van der Waals surface area contributed by atoms with E-state index in [1.165, 1.54) is 12.1 Å².